The summed E-state index contributed by atoms with van der Waals surface area (Å²) >= 11 is 0. The first-order chi connectivity index (χ1) is 17.8. The Morgan fingerprint density at radius 2 is 2.00 bits per heavy atom. The van der Waals surface area contributed by atoms with Gasteiger partial charge < -0.3 is 30.3 Å². The summed E-state index contributed by atoms with van der Waals surface area (Å²) in [4.78, 5) is 15.2. The van der Waals surface area contributed by atoms with E-state index in [4.69, 9.17) is 15.2 Å². The zero-order chi connectivity index (χ0) is 26.4. The lowest BCUT2D eigenvalue weighted by molar-refractivity contribution is -0.141. The fourth-order valence-corrected chi connectivity index (χ4v) is 5.85. The van der Waals surface area contributed by atoms with Crippen LogP contribution in [0.15, 0.2) is 48.5 Å². The molecule has 37 heavy (non-hydrogen) atoms. The molecule has 1 amide bonds. The molecule has 2 aromatic rings. The second-order valence-electron chi connectivity index (χ2n) is 10.5. The standard InChI is InChI=1S/C29H39FN2O5/c1-36-15-5-4-13-29(35,24-11-2-3-12-27(24)37-23-10-6-9-22(30)18-23)21-8-7-14-32(19-21)28(34)20-16-25(31)26(33)17-20/h2-3,6,9-12,18,20-21,25-26,33,35H,4-5,7-8,13-17,19,31H2,1H3. The Balaban J connectivity index is 1.60. The van der Waals surface area contributed by atoms with Gasteiger partial charge >= 0.3 is 0 Å². The Kier molecular flexibility index (Phi) is 9.18. The molecular formula is C29H39FN2O5. The molecule has 0 spiro atoms. The Hall–Kier alpha value is -2.52. The van der Waals surface area contributed by atoms with E-state index in [9.17, 15) is 19.4 Å². The first-order valence-electron chi connectivity index (χ1n) is 13.3. The molecule has 0 radical (unpaired) electrons. The van der Waals surface area contributed by atoms with E-state index in [1.165, 1.54) is 12.1 Å². The Morgan fingerprint density at radius 3 is 2.73 bits per heavy atom. The molecule has 0 bridgehead atoms. The topological polar surface area (TPSA) is 105 Å². The summed E-state index contributed by atoms with van der Waals surface area (Å²) in [6.07, 6.45) is 3.72. The maximum absolute atomic E-state index is 13.8. The number of benzene rings is 2. The molecule has 1 heterocycles. The van der Waals surface area contributed by atoms with E-state index in [-0.39, 0.29) is 23.8 Å². The number of carbonyl (C=O) groups excluding carboxylic acids is 1. The molecular weight excluding hydrogens is 475 g/mol. The zero-order valence-corrected chi connectivity index (χ0v) is 21.5. The number of hydrogen-bond acceptors (Lipinski definition) is 6. The van der Waals surface area contributed by atoms with E-state index in [2.05, 4.69) is 0 Å². The predicted octanol–water partition coefficient (Wildman–Crippen LogP) is 3.96. The normalized spacial score (nSPS) is 25.6. The summed E-state index contributed by atoms with van der Waals surface area (Å²) in [5, 5.41) is 22.4. The van der Waals surface area contributed by atoms with Crippen molar-refractivity contribution in [3.63, 3.8) is 0 Å². The van der Waals surface area contributed by atoms with Crippen LogP contribution in [0.3, 0.4) is 0 Å². The molecule has 2 aromatic carbocycles. The van der Waals surface area contributed by atoms with Gasteiger partial charge in [-0.15, -0.1) is 0 Å². The van der Waals surface area contributed by atoms with E-state index in [1.807, 2.05) is 23.1 Å². The van der Waals surface area contributed by atoms with Crippen molar-refractivity contribution in [2.75, 3.05) is 26.8 Å². The van der Waals surface area contributed by atoms with Gasteiger partial charge in [0.15, 0.2) is 0 Å². The van der Waals surface area contributed by atoms with E-state index in [0.29, 0.717) is 56.0 Å². The highest BCUT2D eigenvalue weighted by atomic mass is 19.1. The van der Waals surface area contributed by atoms with Crippen LogP contribution in [-0.4, -0.2) is 60.0 Å². The third-order valence-corrected chi connectivity index (χ3v) is 7.87. The van der Waals surface area contributed by atoms with Crippen molar-refractivity contribution >= 4 is 5.91 Å². The van der Waals surface area contributed by atoms with Gasteiger partial charge in [0.05, 0.1) is 11.7 Å². The summed E-state index contributed by atoms with van der Waals surface area (Å²) in [6, 6.07) is 12.9. The number of aliphatic hydroxyl groups is 2. The molecule has 202 valence electrons. The second kappa shape index (κ2) is 12.3. The minimum Gasteiger partial charge on any atom is -0.457 e. The number of ether oxygens (including phenoxy) is 2. The highest BCUT2D eigenvalue weighted by molar-refractivity contribution is 5.79. The zero-order valence-electron chi connectivity index (χ0n) is 21.5. The van der Waals surface area contributed by atoms with Crippen LogP contribution in [0, 0.1) is 17.7 Å². The van der Waals surface area contributed by atoms with Crippen LogP contribution < -0.4 is 10.5 Å². The summed E-state index contributed by atoms with van der Waals surface area (Å²) in [7, 11) is 1.66. The number of amides is 1. The quantitative estimate of drug-likeness (QED) is 0.415. The molecule has 4 N–H and O–H groups in total. The minimum absolute atomic E-state index is 0.00253. The smallest absolute Gasteiger partial charge is 0.225 e. The highest BCUT2D eigenvalue weighted by Crippen LogP contribution is 2.44. The number of likely N-dealkylation sites (tertiary alicyclic amines) is 1. The third kappa shape index (κ3) is 6.49. The number of carbonyl (C=O) groups is 1. The summed E-state index contributed by atoms with van der Waals surface area (Å²) in [6.45, 7) is 1.63. The molecule has 2 aliphatic rings. The Bertz CT molecular complexity index is 1040. The van der Waals surface area contributed by atoms with E-state index in [1.54, 1.807) is 25.3 Å². The lowest BCUT2D eigenvalue weighted by atomic mass is 9.73. The first kappa shape index (κ1) is 27.5. The molecule has 5 atom stereocenters. The maximum Gasteiger partial charge on any atom is 0.225 e. The van der Waals surface area contributed by atoms with E-state index in [0.717, 1.165) is 25.7 Å². The third-order valence-electron chi connectivity index (χ3n) is 7.87. The van der Waals surface area contributed by atoms with Crippen LogP contribution >= 0.6 is 0 Å². The SMILES string of the molecule is COCCCCC(O)(c1ccccc1Oc1cccc(F)c1)C1CCCN(C(=O)C2CC(N)C(O)C2)C1. The number of halogens is 1. The fraction of sp³-hybridized carbons (Fsp3) is 0.552. The van der Waals surface area contributed by atoms with Gasteiger partial charge in [-0.3, -0.25) is 4.79 Å². The highest BCUT2D eigenvalue weighted by Gasteiger charge is 2.44. The lowest BCUT2D eigenvalue weighted by Gasteiger charge is -2.44. The van der Waals surface area contributed by atoms with Crippen molar-refractivity contribution < 1.29 is 28.9 Å². The number of nitrogens with two attached hydrogens (primary N) is 1. The van der Waals surface area contributed by atoms with Crippen molar-refractivity contribution in [3.05, 3.63) is 59.9 Å². The lowest BCUT2D eigenvalue weighted by Crippen LogP contribution is -2.49. The molecule has 0 aromatic heterocycles. The average Bonchev–Trinajstić information content (AvgIpc) is 3.24. The van der Waals surface area contributed by atoms with Gasteiger partial charge in [-0.1, -0.05) is 24.3 Å². The molecule has 1 aliphatic carbocycles. The van der Waals surface area contributed by atoms with Crippen molar-refractivity contribution in [1.29, 1.82) is 0 Å². The molecule has 7 nitrogen and oxygen atoms in total. The van der Waals surface area contributed by atoms with Crippen molar-refractivity contribution in [3.8, 4) is 11.5 Å². The summed E-state index contributed by atoms with van der Waals surface area (Å²) in [5.41, 5.74) is 5.34. The molecule has 5 unspecified atom stereocenters. The number of para-hydroxylation sites is 1. The average molecular weight is 515 g/mol. The van der Waals surface area contributed by atoms with Gasteiger partial charge in [0, 0.05) is 56.3 Å². The van der Waals surface area contributed by atoms with E-state index >= 15 is 0 Å². The van der Waals surface area contributed by atoms with Gasteiger partial charge in [-0.05, 0) is 63.1 Å². The fourth-order valence-electron chi connectivity index (χ4n) is 5.85. The summed E-state index contributed by atoms with van der Waals surface area (Å²) < 4.78 is 25.1. The van der Waals surface area contributed by atoms with Crippen molar-refractivity contribution in [2.24, 2.45) is 17.6 Å². The van der Waals surface area contributed by atoms with Crippen LogP contribution in [0.2, 0.25) is 0 Å². The first-order valence-corrected chi connectivity index (χ1v) is 13.3. The molecule has 4 rings (SSSR count). The maximum atomic E-state index is 13.8. The number of piperidine rings is 1. The predicted molar refractivity (Wildman–Crippen MR) is 139 cm³/mol. The van der Waals surface area contributed by atoms with Crippen LogP contribution in [0.5, 0.6) is 11.5 Å². The molecule has 1 saturated carbocycles. The van der Waals surface area contributed by atoms with Gasteiger partial charge in [-0.25, -0.2) is 4.39 Å². The molecule has 1 aliphatic heterocycles. The number of hydrogen-bond donors (Lipinski definition) is 3. The largest absolute Gasteiger partial charge is 0.457 e. The Labute approximate surface area is 218 Å². The van der Waals surface area contributed by atoms with Gasteiger partial charge in [0.2, 0.25) is 5.91 Å². The van der Waals surface area contributed by atoms with Crippen molar-refractivity contribution in [1.82, 2.24) is 4.90 Å². The van der Waals surface area contributed by atoms with Crippen LogP contribution in [-0.2, 0) is 15.1 Å². The molecule has 1 saturated heterocycles. The number of methoxy groups -OCH3 is 1. The van der Waals surface area contributed by atoms with Crippen molar-refractivity contribution in [2.45, 2.75) is 62.7 Å². The number of rotatable bonds is 10. The Morgan fingerprint density at radius 1 is 1.19 bits per heavy atom. The van der Waals surface area contributed by atoms with Gasteiger partial charge in [-0.2, -0.15) is 0 Å². The number of aliphatic hydroxyl groups excluding tert-OH is 1. The second-order valence-corrected chi connectivity index (χ2v) is 10.5. The molecule has 2 fully saturated rings. The van der Waals surface area contributed by atoms with Crippen LogP contribution in [0.1, 0.15) is 50.5 Å². The van der Waals surface area contributed by atoms with Gasteiger partial charge in [0.1, 0.15) is 17.3 Å². The van der Waals surface area contributed by atoms with E-state index < -0.39 is 17.5 Å². The van der Waals surface area contributed by atoms with Crippen LogP contribution in [0.4, 0.5) is 4.39 Å². The number of unbranched alkanes of at least 4 members (excludes halogenated alkanes) is 1. The monoisotopic (exact) mass is 514 g/mol. The van der Waals surface area contributed by atoms with Gasteiger partial charge in [0.25, 0.3) is 0 Å². The van der Waals surface area contributed by atoms with Crippen LogP contribution in [0.25, 0.3) is 0 Å². The summed E-state index contributed by atoms with van der Waals surface area (Å²) in [5.74, 6) is -0.0840. The molecule has 8 heteroatoms. The minimum atomic E-state index is -1.26. The number of nitrogens with zero attached hydrogens (tertiary/aromatic N) is 1.